The van der Waals surface area contributed by atoms with Gasteiger partial charge in [-0.15, -0.1) is 0 Å². The van der Waals surface area contributed by atoms with Gasteiger partial charge in [-0.2, -0.15) is 0 Å². The van der Waals surface area contributed by atoms with Crippen LogP contribution in [-0.2, 0) is 9.53 Å². The van der Waals surface area contributed by atoms with Gasteiger partial charge in [0, 0.05) is 11.3 Å². The number of benzene rings is 2. The molecule has 1 saturated heterocycles. The maximum atomic E-state index is 12.9. The Hall–Kier alpha value is -2.60. The fraction of sp³-hybridized carbons (Fsp3) is 0.300. The SMILES string of the molecule is CCOC(=O)[C@@H]1[C@H]2NC(=S)N(c3ccccc3)[C@@]1(C)Oc1ccccc12. The number of rotatable bonds is 3. The molecule has 134 valence electrons. The summed E-state index contributed by atoms with van der Waals surface area (Å²) in [5.74, 6) is -0.119. The summed E-state index contributed by atoms with van der Waals surface area (Å²) in [4.78, 5) is 14.8. The molecule has 0 saturated carbocycles. The number of thiocarbonyl (C=S) groups is 1. The molecule has 2 aromatic carbocycles. The van der Waals surface area contributed by atoms with Gasteiger partial charge in [0.15, 0.2) is 5.11 Å². The van der Waals surface area contributed by atoms with Crippen LogP contribution in [0.4, 0.5) is 5.69 Å². The van der Waals surface area contributed by atoms with Gasteiger partial charge in [0.1, 0.15) is 11.7 Å². The summed E-state index contributed by atoms with van der Waals surface area (Å²) in [6.45, 7) is 4.02. The molecule has 2 aliphatic heterocycles. The van der Waals surface area contributed by atoms with Crippen LogP contribution in [0.25, 0.3) is 0 Å². The predicted octanol–water partition coefficient (Wildman–Crippen LogP) is 3.41. The third-order valence-electron chi connectivity index (χ3n) is 4.96. The fourth-order valence-corrected chi connectivity index (χ4v) is 4.30. The Bertz CT molecular complexity index is 857. The van der Waals surface area contributed by atoms with Crippen molar-refractivity contribution < 1.29 is 14.3 Å². The summed E-state index contributed by atoms with van der Waals surface area (Å²) >= 11 is 5.65. The van der Waals surface area contributed by atoms with Crippen molar-refractivity contribution in [3.05, 3.63) is 60.2 Å². The van der Waals surface area contributed by atoms with E-state index in [1.807, 2.05) is 66.4 Å². The van der Waals surface area contributed by atoms with E-state index in [2.05, 4.69) is 5.32 Å². The first-order chi connectivity index (χ1) is 12.6. The number of nitrogens with zero attached hydrogens (tertiary/aromatic N) is 1. The molecular formula is C20H20N2O3S. The van der Waals surface area contributed by atoms with Gasteiger partial charge in [0.05, 0.1) is 12.6 Å². The number of nitrogens with one attached hydrogen (secondary N) is 1. The maximum Gasteiger partial charge on any atom is 0.317 e. The van der Waals surface area contributed by atoms with Crippen molar-refractivity contribution in [2.45, 2.75) is 25.6 Å². The van der Waals surface area contributed by atoms with E-state index < -0.39 is 11.6 Å². The summed E-state index contributed by atoms with van der Waals surface area (Å²) in [5, 5.41) is 3.87. The van der Waals surface area contributed by atoms with Gasteiger partial charge in [-0.1, -0.05) is 36.4 Å². The second kappa shape index (κ2) is 6.29. The van der Waals surface area contributed by atoms with Crippen LogP contribution in [0.5, 0.6) is 5.75 Å². The highest BCUT2D eigenvalue weighted by Crippen LogP contribution is 2.49. The van der Waals surface area contributed by atoms with Crippen molar-refractivity contribution in [1.29, 1.82) is 0 Å². The summed E-state index contributed by atoms with van der Waals surface area (Å²) in [6.07, 6.45) is 0. The zero-order valence-corrected chi connectivity index (χ0v) is 15.5. The number of esters is 1. The van der Waals surface area contributed by atoms with Gasteiger partial charge in [-0.25, -0.2) is 0 Å². The summed E-state index contributed by atoms with van der Waals surface area (Å²) in [6, 6.07) is 17.1. The Kier molecular flexibility index (Phi) is 4.07. The largest absolute Gasteiger partial charge is 0.466 e. The number of hydrogen-bond donors (Lipinski definition) is 1. The van der Waals surface area contributed by atoms with Gasteiger partial charge in [-0.3, -0.25) is 9.69 Å². The molecule has 4 rings (SSSR count). The van der Waals surface area contributed by atoms with E-state index in [4.69, 9.17) is 21.7 Å². The zero-order valence-electron chi connectivity index (χ0n) is 14.6. The van der Waals surface area contributed by atoms with Crippen LogP contribution in [0, 0.1) is 5.92 Å². The number of carbonyl (C=O) groups excluding carboxylic acids is 1. The number of para-hydroxylation sites is 2. The molecule has 1 fully saturated rings. The van der Waals surface area contributed by atoms with Gasteiger partial charge in [-0.05, 0) is 44.3 Å². The van der Waals surface area contributed by atoms with Crippen molar-refractivity contribution in [2.24, 2.45) is 5.92 Å². The second-order valence-corrected chi connectivity index (χ2v) is 6.91. The molecule has 2 bridgehead atoms. The van der Waals surface area contributed by atoms with E-state index in [0.29, 0.717) is 11.7 Å². The standard InChI is InChI=1S/C20H20N2O3S/c1-3-24-18(23)16-17-14-11-7-8-12-15(14)25-20(16,2)22(19(26)21-17)13-9-5-4-6-10-13/h4-12,16-17H,3H2,1-2H3,(H,21,26)/t16-,17-,20-/m0/s1. The molecule has 3 atom stereocenters. The average Bonchev–Trinajstić information content (AvgIpc) is 2.62. The second-order valence-electron chi connectivity index (χ2n) is 6.52. The summed E-state index contributed by atoms with van der Waals surface area (Å²) < 4.78 is 11.8. The Labute approximate surface area is 157 Å². The fourth-order valence-electron chi connectivity index (χ4n) is 3.89. The lowest BCUT2D eigenvalue weighted by atomic mass is 9.79. The Morgan fingerprint density at radius 3 is 2.65 bits per heavy atom. The van der Waals surface area contributed by atoms with Crippen molar-refractivity contribution in [2.75, 3.05) is 11.5 Å². The molecule has 1 N–H and O–H groups in total. The topological polar surface area (TPSA) is 50.8 Å². The molecule has 2 heterocycles. The smallest absolute Gasteiger partial charge is 0.317 e. The molecule has 5 nitrogen and oxygen atoms in total. The van der Waals surface area contributed by atoms with Gasteiger partial charge < -0.3 is 14.8 Å². The highest BCUT2D eigenvalue weighted by Gasteiger charge is 2.59. The molecule has 0 aliphatic carbocycles. The van der Waals surface area contributed by atoms with Gasteiger partial charge >= 0.3 is 5.97 Å². The number of anilines is 1. The van der Waals surface area contributed by atoms with E-state index in [-0.39, 0.29) is 12.0 Å². The quantitative estimate of drug-likeness (QED) is 0.662. The number of ether oxygens (including phenoxy) is 2. The highest BCUT2D eigenvalue weighted by molar-refractivity contribution is 7.80. The van der Waals surface area contributed by atoms with Crippen molar-refractivity contribution in [1.82, 2.24) is 5.32 Å². The van der Waals surface area contributed by atoms with Crippen LogP contribution in [0.15, 0.2) is 54.6 Å². The first kappa shape index (κ1) is 16.8. The average molecular weight is 368 g/mol. The molecule has 0 aromatic heterocycles. The summed E-state index contributed by atoms with van der Waals surface area (Å²) in [5.41, 5.74) is 0.785. The molecular weight excluding hydrogens is 348 g/mol. The lowest BCUT2D eigenvalue weighted by Crippen LogP contribution is -2.71. The minimum absolute atomic E-state index is 0.295. The van der Waals surface area contributed by atoms with Crippen LogP contribution in [0.2, 0.25) is 0 Å². The van der Waals surface area contributed by atoms with Crippen LogP contribution in [0.1, 0.15) is 25.5 Å². The van der Waals surface area contributed by atoms with Crippen LogP contribution < -0.4 is 15.0 Å². The third-order valence-corrected chi connectivity index (χ3v) is 5.26. The molecule has 2 aliphatic rings. The minimum Gasteiger partial charge on any atom is -0.466 e. The number of hydrogen-bond acceptors (Lipinski definition) is 4. The first-order valence-corrected chi connectivity index (χ1v) is 9.07. The van der Waals surface area contributed by atoms with E-state index in [9.17, 15) is 4.79 Å². The predicted molar refractivity (Wildman–Crippen MR) is 103 cm³/mol. The van der Waals surface area contributed by atoms with Crippen molar-refractivity contribution in [3.63, 3.8) is 0 Å². The molecule has 6 heteroatoms. The number of fused-ring (bicyclic) bond motifs is 4. The number of carbonyl (C=O) groups is 1. The monoisotopic (exact) mass is 368 g/mol. The Morgan fingerprint density at radius 1 is 1.23 bits per heavy atom. The lowest BCUT2D eigenvalue weighted by Gasteiger charge is -2.55. The van der Waals surface area contributed by atoms with Crippen LogP contribution >= 0.6 is 12.2 Å². The van der Waals surface area contributed by atoms with Crippen molar-refractivity contribution >= 4 is 29.0 Å². The maximum absolute atomic E-state index is 12.9. The Morgan fingerprint density at radius 2 is 1.92 bits per heavy atom. The van der Waals surface area contributed by atoms with Gasteiger partial charge in [0.2, 0.25) is 5.72 Å². The van der Waals surface area contributed by atoms with E-state index in [0.717, 1.165) is 17.0 Å². The molecule has 26 heavy (non-hydrogen) atoms. The summed E-state index contributed by atoms with van der Waals surface area (Å²) in [7, 11) is 0. The van der Waals surface area contributed by atoms with Crippen molar-refractivity contribution in [3.8, 4) is 5.75 Å². The molecule has 0 unspecified atom stereocenters. The Balaban J connectivity index is 1.89. The highest BCUT2D eigenvalue weighted by atomic mass is 32.1. The first-order valence-electron chi connectivity index (χ1n) is 8.66. The molecule has 2 aromatic rings. The van der Waals surface area contributed by atoms with Crippen LogP contribution in [-0.4, -0.2) is 23.4 Å². The van der Waals surface area contributed by atoms with Gasteiger partial charge in [0.25, 0.3) is 0 Å². The molecule has 0 spiro atoms. The van der Waals surface area contributed by atoms with Crippen LogP contribution in [0.3, 0.4) is 0 Å². The zero-order chi connectivity index (χ0) is 18.3. The third kappa shape index (κ3) is 2.44. The van der Waals surface area contributed by atoms with E-state index in [1.165, 1.54) is 0 Å². The minimum atomic E-state index is -0.991. The molecule has 0 amide bonds. The molecule has 0 radical (unpaired) electrons. The lowest BCUT2D eigenvalue weighted by molar-refractivity contribution is -0.159. The normalized spacial score (nSPS) is 26.4. The van der Waals surface area contributed by atoms with E-state index in [1.54, 1.807) is 6.92 Å². The van der Waals surface area contributed by atoms with E-state index >= 15 is 0 Å².